The van der Waals surface area contributed by atoms with Crippen LogP contribution in [0.2, 0.25) is 0 Å². The average Bonchev–Trinajstić information content (AvgIpc) is 3.00. The summed E-state index contributed by atoms with van der Waals surface area (Å²) < 4.78 is 0. The third kappa shape index (κ3) is 3.44. The Morgan fingerprint density at radius 2 is 1.81 bits per heavy atom. The Hall–Kier alpha value is -1.39. The molecule has 0 bridgehead atoms. The van der Waals surface area contributed by atoms with Gasteiger partial charge in [-0.2, -0.15) is 0 Å². The predicted octanol–water partition coefficient (Wildman–Crippen LogP) is 1.41. The summed E-state index contributed by atoms with van der Waals surface area (Å²) in [5, 5.41) is 16.1. The topological polar surface area (TPSA) is 61.4 Å². The van der Waals surface area contributed by atoms with Gasteiger partial charge in [-0.15, -0.1) is 0 Å². The van der Waals surface area contributed by atoms with Gasteiger partial charge in [-0.1, -0.05) is 30.3 Å². The van der Waals surface area contributed by atoms with Crippen LogP contribution < -0.4 is 10.6 Å². The molecule has 4 nitrogen and oxygen atoms in total. The van der Waals surface area contributed by atoms with E-state index in [9.17, 15) is 9.90 Å². The van der Waals surface area contributed by atoms with Crippen molar-refractivity contribution in [2.45, 2.75) is 43.7 Å². The molecular weight excluding hydrogens is 264 g/mol. The van der Waals surface area contributed by atoms with E-state index in [2.05, 4.69) is 22.8 Å². The molecule has 1 heterocycles. The standard InChI is InChI=1S/C17H24N2O2/c20-14-8-6-13(7-9-14)19-17(21)16-11-18-10-15(16)12-4-2-1-3-5-12/h1-5,13-16,18,20H,6-11H2,(H,19,21)/t13-,14-,15-,16+/m1/s1. The molecule has 0 aromatic heterocycles. The summed E-state index contributed by atoms with van der Waals surface area (Å²) in [5.41, 5.74) is 1.24. The summed E-state index contributed by atoms with van der Waals surface area (Å²) in [6.45, 7) is 1.62. The van der Waals surface area contributed by atoms with Crippen molar-refractivity contribution in [2.75, 3.05) is 13.1 Å². The summed E-state index contributed by atoms with van der Waals surface area (Å²) in [5.74, 6) is 0.440. The second-order valence-electron chi connectivity index (χ2n) is 6.30. The number of nitrogens with one attached hydrogen (secondary N) is 2. The summed E-state index contributed by atoms with van der Waals surface area (Å²) in [6.07, 6.45) is 3.21. The number of carbonyl (C=O) groups excluding carboxylic acids is 1. The van der Waals surface area contributed by atoms with E-state index in [1.807, 2.05) is 18.2 Å². The van der Waals surface area contributed by atoms with Crippen molar-refractivity contribution in [2.24, 2.45) is 5.92 Å². The van der Waals surface area contributed by atoms with Gasteiger partial charge in [0.25, 0.3) is 0 Å². The molecule has 3 rings (SSSR count). The Labute approximate surface area is 125 Å². The van der Waals surface area contributed by atoms with Crippen LogP contribution in [-0.2, 0) is 4.79 Å². The van der Waals surface area contributed by atoms with E-state index < -0.39 is 0 Å². The molecule has 1 aliphatic carbocycles. The van der Waals surface area contributed by atoms with E-state index in [0.717, 1.165) is 38.8 Å². The van der Waals surface area contributed by atoms with E-state index in [0.29, 0.717) is 0 Å². The lowest BCUT2D eigenvalue weighted by Crippen LogP contribution is -2.43. The van der Waals surface area contributed by atoms with Crippen LogP contribution in [0.15, 0.2) is 30.3 Å². The minimum Gasteiger partial charge on any atom is -0.393 e. The maximum Gasteiger partial charge on any atom is 0.225 e. The lowest BCUT2D eigenvalue weighted by molar-refractivity contribution is -0.125. The number of aliphatic hydroxyl groups is 1. The van der Waals surface area contributed by atoms with Gasteiger partial charge >= 0.3 is 0 Å². The number of amides is 1. The first kappa shape index (κ1) is 14.5. The summed E-state index contributed by atoms with van der Waals surface area (Å²) in [4.78, 5) is 12.6. The number of hydrogen-bond acceptors (Lipinski definition) is 3. The van der Waals surface area contributed by atoms with Gasteiger partial charge in [0, 0.05) is 25.0 Å². The van der Waals surface area contributed by atoms with Gasteiger partial charge in [0.1, 0.15) is 0 Å². The summed E-state index contributed by atoms with van der Waals surface area (Å²) >= 11 is 0. The van der Waals surface area contributed by atoms with E-state index in [-0.39, 0.29) is 29.9 Å². The van der Waals surface area contributed by atoms with Gasteiger partial charge in [0.15, 0.2) is 0 Å². The van der Waals surface area contributed by atoms with E-state index in [4.69, 9.17) is 0 Å². The molecule has 0 radical (unpaired) electrons. The average molecular weight is 288 g/mol. The second kappa shape index (κ2) is 6.58. The van der Waals surface area contributed by atoms with Gasteiger partial charge in [0.2, 0.25) is 5.91 Å². The molecule has 3 N–H and O–H groups in total. The van der Waals surface area contributed by atoms with E-state index >= 15 is 0 Å². The van der Waals surface area contributed by atoms with Gasteiger partial charge in [-0.05, 0) is 31.2 Å². The molecule has 1 aromatic carbocycles. The van der Waals surface area contributed by atoms with Crippen molar-refractivity contribution in [3.8, 4) is 0 Å². The fourth-order valence-corrected chi connectivity index (χ4v) is 3.53. The quantitative estimate of drug-likeness (QED) is 0.788. The maximum absolute atomic E-state index is 12.6. The van der Waals surface area contributed by atoms with Crippen LogP contribution in [-0.4, -0.2) is 36.2 Å². The number of benzene rings is 1. The lowest BCUT2D eigenvalue weighted by atomic mass is 9.87. The van der Waals surface area contributed by atoms with Gasteiger partial charge in [-0.25, -0.2) is 0 Å². The Morgan fingerprint density at radius 1 is 1.10 bits per heavy atom. The van der Waals surface area contributed by atoms with Crippen molar-refractivity contribution in [1.29, 1.82) is 0 Å². The zero-order chi connectivity index (χ0) is 14.7. The molecule has 0 spiro atoms. The Balaban J connectivity index is 1.61. The highest BCUT2D eigenvalue weighted by molar-refractivity contribution is 5.80. The third-order valence-corrected chi connectivity index (χ3v) is 4.82. The Kier molecular flexibility index (Phi) is 4.56. The van der Waals surface area contributed by atoms with Crippen LogP contribution >= 0.6 is 0 Å². The molecule has 1 saturated heterocycles. The normalized spacial score (nSPS) is 32.8. The van der Waals surface area contributed by atoms with E-state index in [1.54, 1.807) is 0 Å². The molecule has 1 amide bonds. The first-order valence-corrected chi connectivity index (χ1v) is 7.98. The molecule has 0 unspecified atom stereocenters. The van der Waals surface area contributed by atoms with Crippen molar-refractivity contribution < 1.29 is 9.90 Å². The lowest BCUT2D eigenvalue weighted by Gasteiger charge is -2.28. The van der Waals surface area contributed by atoms with Crippen LogP contribution in [0.1, 0.15) is 37.2 Å². The Morgan fingerprint density at radius 3 is 2.52 bits per heavy atom. The molecule has 2 aliphatic rings. The van der Waals surface area contributed by atoms with Crippen LogP contribution in [0.5, 0.6) is 0 Å². The zero-order valence-electron chi connectivity index (χ0n) is 12.3. The summed E-state index contributed by atoms with van der Waals surface area (Å²) in [6, 6.07) is 10.5. The van der Waals surface area contributed by atoms with Crippen molar-refractivity contribution in [3.05, 3.63) is 35.9 Å². The SMILES string of the molecule is O=C(N[C@H]1CC[C@H](O)CC1)[C@H]1CNC[C@@H]1c1ccccc1. The van der Waals surface area contributed by atoms with Crippen LogP contribution in [0.3, 0.4) is 0 Å². The molecule has 21 heavy (non-hydrogen) atoms. The van der Waals surface area contributed by atoms with Crippen molar-refractivity contribution in [1.82, 2.24) is 10.6 Å². The smallest absolute Gasteiger partial charge is 0.225 e. The number of hydrogen-bond donors (Lipinski definition) is 3. The van der Waals surface area contributed by atoms with Crippen LogP contribution in [0, 0.1) is 5.92 Å². The van der Waals surface area contributed by atoms with Crippen LogP contribution in [0.25, 0.3) is 0 Å². The molecule has 1 aliphatic heterocycles. The zero-order valence-corrected chi connectivity index (χ0v) is 12.3. The number of aliphatic hydroxyl groups excluding tert-OH is 1. The minimum atomic E-state index is -0.177. The van der Waals surface area contributed by atoms with Crippen LogP contribution in [0.4, 0.5) is 0 Å². The number of carbonyl (C=O) groups is 1. The highest BCUT2D eigenvalue weighted by Crippen LogP contribution is 2.29. The fraction of sp³-hybridized carbons (Fsp3) is 0.588. The predicted molar refractivity (Wildman–Crippen MR) is 81.9 cm³/mol. The van der Waals surface area contributed by atoms with Gasteiger partial charge < -0.3 is 15.7 Å². The molecule has 2 fully saturated rings. The van der Waals surface area contributed by atoms with Crippen molar-refractivity contribution in [3.63, 3.8) is 0 Å². The monoisotopic (exact) mass is 288 g/mol. The molecule has 114 valence electrons. The molecule has 4 heteroatoms. The molecule has 1 saturated carbocycles. The molecule has 1 aromatic rings. The molecule has 2 atom stereocenters. The Bertz CT molecular complexity index is 469. The van der Waals surface area contributed by atoms with Gasteiger partial charge in [-0.3, -0.25) is 4.79 Å². The van der Waals surface area contributed by atoms with E-state index in [1.165, 1.54) is 5.56 Å². The first-order valence-electron chi connectivity index (χ1n) is 7.98. The third-order valence-electron chi connectivity index (χ3n) is 4.82. The largest absolute Gasteiger partial charge is 0.393 e. The van der Waals surface area contributed by atoms with Gasteiger partial charge in [0.05, 0.1) is 12.0 Å². The first-order chi connectivity index (χ1) is 10.2. The van der Waals surface area contributed by atoms with Crippen molar-refractivity contribution >= 4 is 5.91 Å². The fourth-order valence-electron chi connectivity index (χ4n) is 3.53. The highest BCUT2D eigenvalue weighted by atomic mass is 16.3. The number of rotatable bonds is 3. The maximum atomic E-state index is 12.6. The highest BCUT2D eigenvalue weighted by Gasteiger charge is 2.35. The summed E-state index contributed by atoms with van der Waals surface area (Å²) in [7, 11) is 0. The molecular formula is C17H24N2O2. The minimum absolute atomic E-state index is 0.0132. The second-order valence-corrected chi connectivity index (χ2v) is 6.30.